The van der Waals surface area contributed by atoms with Gasteiger partial charge in [-0.2, -0.15) is 4.31 Å². The molecule has 1 aromatic rings. The Balaban J connectivity index is 3.13. The van der Waals surface area contributed by atoms with Gasteiger partial charge in [0.15, 0.2) is 0 Å². The molecule has 0 bridgehead atoms. The number of rotatable bonds is 5. The molecule has 102 valence electrons. The van der Waals surface area contributed by atoms with Crippen LogP contribution in [0.25, 0.3) is 0 Å². The van der Waals surface area contributed by atoms with E-state index in [1.807, 2.05) is 20.8 Å². The van der Waals surface area contributed by atoms with Gasteiger partial charge in [0.25, 0.3) is 0 Å². The van der Waals surface area contributed by atoms with Crippen molar-refractivity contribution in [1.29, 1.82) is 0 Å². The summed E-state index contributed by atoms with van der Waals surface area (Å²) in [4.78, 5) is 0.269. The summed E-state index contributed by atoms with van der Waals surface area (Å²) in [6.45, 7) is 5.80. The Kier molecular flexibility index (Phi) is 4.76. The van der Waals surface area contributed by atoms with E-state index in [-0.39, 0.29) is 10.9 Å². The van der Waals surface area contributed by atoms with Gasteiger partial charge in [-0.05, 0) is 44.0 Å². The quantitative estimate of drug-likeness (QED) is 0.836. The van der Waals surface area contributed by atoms with E-state index in [2.05, 4.69) is 0 Å². The van der Waals surface area contributed by atoms with Crippen molar-refractivity contribution in [3.8, 4) is 0 Å². The Morgan fingerprint density at radius 3 is 2.44 bits per heavy atom. The van der Waals surface area contributed by atoms with E-state index in [9.17, 15) is 8.42 Å². The van der Waals surface area contributed by atoms with Crippen molar-refractivity contribution in [2.45, 2.75) is 44.6 Å². The molecule has 0 fully saturated rings. The van der Waals surface area contributed by atoms with Crippen molar-refractivity contribution in [3.63, 3.8) is 0 Å². The van der Waals surface area contributed by atoms with E-state index >= 15 is 0 Å². The molecule has 2 N–H and O–H groups in total. The maximum Gasteiger partial charge on any atom is 0.243 e. The highest BCUT2D eigenvalue weighted by molar-refractivity contribution is 7.89. The largest absolute Gasteiger partial charge is 0.399 e. The summed E-state index contributed by atoms with van der Waals surface area (Å²) in [6.07, 6.45) is 1.80. The molecular weight excluding hydrogens is 248 g/mol. The summed E-state index contributed by atoms with van der Waals surface area (Å²) in [5, 5.41) is 0. The first kappa shape index (κ1) is 15.0. The summed E-state index contributed by atoms with van der Waals surface area (Å²) in [7, 11) is -1.83. The number of benzene rings is 1. The van der Waals surface area contributed by atoms with Crippen molar-refractivity contribution in [2.75, 3.05) is 12.8 Å². The fourth-order valence-electron chi connectivity index (χ4n) is 1.93. The molecular formula is C13H22N2O2S. The molecule has 1 atom stereocenters. The highest BCUT2D eigenvalue weighted by Gasteiger charge is 2.25. The van der Waals surface area contributed by atoms with Crippen LogP contribution in [0, 0.1) is 6.92 Å². The van der Waals surface area contributed by atoms with Gasteiger partial charge in [0.05, 0.1) is 4.90 Å². The number of anilines is 1. The maximum atomic E-state index is 12.4. The third kappa shape index (κ3) is 3.23. The van der Waals surface area contributed by atoms with Gasteiger partial charge in [-0.3, -0.25) is 0 Å². The number of sulfonamides is 1. The van der Waals surface area contributed by atoms with E-state index in [1.54, 1.807) is 19.2 Å². The molecule has 0 radical (unpaired) electrons. The summed E-state index contributed by atoms with van der Waals surface area (Å²) < 4.78 is 26.3. The van der Waals surface area contributed by atoms with Crippen LogP contribution in [0.5, 0.6) is 0 Å². The van der Waals surface area contributed by atoms with Crippen LogP contribution < -0.4 is 5.73 Å². The molecule has 0 aromatic heterocycles. The SMILES string of the molecule is CCCC(C)N(C)S(=O)(=O)c1cc(C)cc(N)c1. The normalized spacial score (nSPS) is 13.8. The smallest absolute Gasteiger partial charge is 0.243 e. The Morgan fingerprint density at radius 1 is 1.33 bits per heavy atom. The van der Waals surface area contributed by atoms with Crippen LogP contribution in [0.1, 0.15) is 32.3 Å². The van der Waals surface area contributed by atoms with Gasteiger partial charge >= 0.3 is 0 Å². The minimum atomic E-state index is -3.45. The second kappa shape index (κ2) is 5.71. The first-order valence-corrected chi connectivity index (χ1v) is 7.58. The molecule has 0 saturated heterocycles. The zero-order chi connectivity index (χ0) is 13.9. The molecule has 0 heterocycles. The highest BCUT2D eigenvalue weighted by atomic mass is 32.2. The molecule has 1 rings (SSSR count). The van der Waals surface area contributed by atoms with Crippen molar-refractivity contribution < 1.29 is 8.42 Å². The van der Waals surface area contributed by atoms with Gasteiger partial charge in [-0.1, -0.05) is 13.3 Å². The van der Waals surface area contributed by atoms with E-state index in [0.29, 0.717) is 5.69 Å². The van der Waals surface area contributed by atoms with Gasteiger partial charge in [0, 0.05) is 18.8 Å². The second-order valence-corrected chi connectivity index (χ2v) is 6.74. The second-order valence-electron chi connectivity index (χ2n) is 4.74. The summed E-state index contributed by atoms with van der Waals surface area (Å²) in [5.41, 5.74) is 7.04. The molecule has 5 heteroatoms. The van der Waals surface area contributed by atoms with Crippen molar-refractivity contribution in [1.82, 2.24) is 4.31 Å². The summed E-state index contributed by atoms with van der Waals surface area (Å²) >= 11 is 0. The van der Waals surface area contributed by atoms with Gasteiger partial charge in [-0.15, -0.1) is 0 Å². The van der Waals surface area contributed by atoms with Gasteiger partial charge in [-0.25, -0.2) is 8.42 Å². The third-order valence-corrected chi connectivity index (χ3v) is 5.03. The predicted octanol–water partition coefficient (Wildman–Crippen LogP) is 2.39. The molecule has 0 aliphatic rings. The lowest BCUT2D eigenvalue weighted by molar-refractivity contribution is 0.369. The lowest BCUT2D eigenvalue weighted by Gasteiger charge is -2.24. The number of hydrogen-bond acceptors (Lipinski definition) is 3. The topological polar surface area (TPSA) is 63.4 Å². The van der Waals surface area contributed by atoms with Crippen LogP contribution in [0.2, 0.25) is 0 Å². The van der Waals surface area contributed by atoms with Gasteiger partial charge in [0.1, 0.15) is 0 Å². The molecule has 0 spiro atoms. The van der Waals surface area contributed by atoms with Gasteiger partial charge < -0.3 is 5.73 Å². The zero-order valence-electron chi connectivity index (χ0n) is 11.5. The lowest BCUT2D eigenvalue weighted by atomic mass is 10.2. The predicted molar refractivity (Wildman–Crippen MR) is 74.9 cm³/mol. The first-order valence-electron chi connectivity index (χ1n) is 6.14. The molecule has 0 saturated carbocycles. The monoisotopic (exact) mass is 270 g/mol. The number of hydrogen-bond donors (Lipinski definition) is 1. The average molecular weight is 270 g/mol. The van der Waals surface area contributed by atoms with Crippen LogP contribution in [0.4, 0.5) is 5.69 Å². The molecule has 0 aliphatic heterocycles. The van der Waals surface area contributed by atoms with E-state index in [0.717, 1.165) is 18.4 Å². The van der Waals surface area contributed by atoms with Crippen molar-refractivity contribution in [3.05, 3.63) is 23.8 Å². The summed E-state index contributed by atoms with van der Waals surface area (Å²) in [5.74, 6) is 0. The van der Waals surface area contributed by atoms with E-state index in [4.69, 9.17) is 5.73 Å². The number of nitrogens with zero attached hydrogens (tertiary/aromatic N) is 1. The Hall–Kier alpha value is -1.07. The Morgan fingerprint density at radius 2 is 1.94 bits per heavy atom. The fourth-order valence-corrected chi connectivity index (χ4v) is 3.46. The van der Waals surface area contributed by atoms with Crippen LogP contribution in [-0.2, 0) is 10.0 Å². The van der Waals surface area contributed by atoms with E-state index in [1.165, 1.54) is 10.4 Å². The van der Waals surface area contributed by atoms with Crippen molar-refractivity contribution >= 4 is 15.7 Å². The zero-order valence-corrected chi connectivity index (χ0v) is 12.3. The minimum Gasteiger partial charge on any atom is -0.399 e. The molecule has 4 nitrogen and oxygen atoms in total. The highest BCUT2D eigenvalue weighted by Crippen LogP contribution is 2.22. The average Bonchev–Trinajstić information content (AvgIpc) is 2.27. The minimum absolute atomic E-state index is 0.0123. The Labute approximate surface area is 110 Å². The molecule has 0 amide bonds. The lowest BCUT2D eigenvalue weighted by Crippen LogP contribution is -2.35. The molecule has 1 unspecified atom stereocenters. The third-order valence-electron chi connectivity index (χ3n) is 3.08. The summed E-state index contributed by atoms with van der Waals surface area (Å²) in [6, 6.07) is 4.91. The van der Waals surface area contributed by atoms with E-state index < -0.39 is 10.0 Å². The van der Waals surface area contributed by atoms with Crippen LogP contribution in [0.15, 0.2) is 23.1 Å². The molecule has 1 aromatic carbocycles. The van der Waals surface area contributed by atoms with Crippen LogP contribution >= 0.6 is 0 Å². The molecule has 0 aliphatic carbocycles. The number of aryl methyl sites for hydroxylation is 1. The number of nitrogen functional groups attached to an aromatic ring is 1. The maximum absolute atomic E-state index is 12.4. The first-order chi connectivity index (χ1) is 8.28. The van der Waals surface area contributed by atoms with Crippen LogP contribution in [0.3, 0.4) is 0 Å². The standard InChI is InChI=1S/C13H22N2O2S/c1-5-6-11(3)15(4)18(16,17)13-8-10(2)7-12(14)9-13/h7-9,11H,5-6,14H2,1-4H3. The van der Waals surface area contributed by atoms with Gasteiger partial charge in [0.2, 0.25) is 10.0 Å². The van der Waals surface area contributed by atoms with Crippen molar-refractivity contribution in [2.24, 2.45) is 0 Å². The Bertz CT molecular complexity index is 491. The molecule has 18 heavy (non-hydrogen) atoms. The number of nitrogens with two attached hydrogens (primary N) is 1. The van der Waals surface area contributed by atoms with Crippen LogP contribution in [-0.4, -0.2) is 25.8 Å². The fraction of sp³-hybridized carbons (Fsp3) is 0.538.